The van der Waals surface area contributed by atoms with Crippen molar-refractivity contribution >= 4 is 96.9 Å². The van der Waals surface area contributed by atoms with Crippen molar-refractivity contribution in [2.75, 3.05) is 0 Å². The molecule has 0 aliphatic carbocycles. The molecule has 0 bridgehead atoms. The minimum atomic E-state index is 0.631. The van der Waals surface area contributed by atoms with Gasteiger partial charge in [-0.05, 0) is 72.3 Å². The highest BCUT2D eigenvalue weighted by Gasteiger charge is 2.26. The zero-order valence-electron chi connectivity index (χ0n) is 32.2. The predicted octanol–water partition coefficient (Wildman–Crippen LogP) is 14.9. The Bertz CT molecular complexity index is 3870. The standard InChI is InChI=1S/C55H32N4S/c56-33-41-47(57-42-22-7-1-15-34(42)35-16-2-8-23-43(35)57)31-32-50(53(41)40-21-13-30-52-54(40)39-20-6-12-29-51(39)60-52)59-46-26-11-5-19-38(46)55-48(27-14-28-49(55)59)58-44-24-9-3-17-36(44)37-18-4-10-25-45(37)58/h1-32H. The van der Waals surface area contributed by atoms with Gasteiger partial charge in [0, 0.05) is 58.1 Å². The largest absolute Gasteiger partial charge is 0.309 e. The summed E-state index contributed by atoms with van der Waals surface area (Å²) in [6.07, 6.45) is 0. The molecule has 4 nitrogen and oxygen atoms in total. The first kappa shape index (κ1) is 33.1. The second-order valence-corrected chi connectivity index (χ2v) is 16.6. The number of aromatic nitrogens is 3. The average Bonchev–Trinajstić information content (AvgIpc) is 4.05. The molecule has 0 spiro atoms. The van der Waals surface area contributed by atoms with Crippen molar-refractivity contribution in [3.8, 4) is 34.3 Å². The summed E-state index contributed by atoms with van der Waals surface area (Å²) < 4.78 is 9.54. The van der Waals surface area contributed by atoms with Gasteiger partial charge in [-0.3, -0.25) is 0 Å². The highest BCUT2D eigenvalue weighted by atomic mass is 32.1. The van der Waals surface area contributed by atoms with Crippen LogP contribution in [0.1, 0.15) is 5.56 Å². The number of nitriles is 1. The first-order valence-electron chi connectivity index (χ1n) is 20.3. The summed E-state index contributed by atoms with van der Waals surface area (Å²) >= 11 is 1.80. The summed E-state index contributed by atoms with van der Waals surface area (Å²) in [5.41, 5.74) is 12.2. The minimum Gasteiger partial charge on any atom is -0.309 e. The Morgan fingerprint density at radius 3 is 1.37 bits per heavy atom. The summed E-state index contributed by atoms with van der Waals surface area (Å²) in [6, 6.07) is 72.4. The molecule has 13 aromatic rings. The van der Waals surface area contributed by atoms with E-state index < -0.39 is 0 Å². The molecule has 0 aliphatic rings. The van der Waals surface area contributed by atoms with Crippen LogP contribution in [0.2, 0.25) is 0 Å². The van der Waals surface area contributed by atoms with E-state index in [2.05, 4.69) is 214 Å². The van der Waals surface area contributed by atoms with E-state index in [0.29, 0.717) is 5.56 Å². The Balaban J connectivity index is 1.20. The third kappa shape index (κ3) is 4.43. The molecule has 0 N–H and O–H groups in total. The fourth-order valence-corrected chi connectivity index (χ4v) is 11.3. The molecule has 0 unspecified atom stereocenters. The van der Waals surface area contributed by atoms with Crippen LogP contribution in [0.4, 0.5) is 0 Å². The van der Waals surface area contributed by atoms with Gasteiger partial charge < -0.3 is 13.7 Å². The second-order valence-electron chi connectivity index (χ2n) is 15.5. The number of thiophene rings is 1. The zero-order valence-corrected chi connectivity index (χ0v) is 33.0. The zero-order chi connectivity index (χ0) is 39.5. The molecule has 0 atom stereocenters. The molecule has 13 rings (SSSR count). The third-order valence-corrected chi connectivity index (χ3v) is 13.6. The van der Waals surface area contributed by atoms with Crippen LogP contribution in [0.3, 0.4) is 0 Å². The molecule has 0 aliphatic heterocycles. The number of hydrogen-bond donors (Lipinski definition) is 0. The van der Waals surface area contributed by atoms with Crippen LogP contribution in [-0.2, 0) is 0 Å². The van der Waals surface area contributed by atoms with Gasteiger partial charge in [0.2, 0.25) is 0 Å². The highest BCUT2D eigenvalue weighted by molar-refractivity contribution is 7.25. The Morgan fingerprint density at radius 1 is 0.333 bits per heavy atom. The van der Waals surface area contributed by atoms with Crippen molar-refractivity contribution in [3.63, 3.8) is 0 Å². The lowest BCUT2D eigenvalue weighted by molar-refractivity contribution is 1.13. The van der Waals surface area contributed by atoms with E-state index >= 15 is 0 Å². The molecule has 0 radical (unpaired) electrons. The van der Waals surface area contributed by atoms with E-state index in [9.17, 15) is 5.26 Å². The molecule has 278 valence electrons. The second kappa shape index (κ2) is 12.5. The molecule has 0 saturated heterocycles. The summed E-state index contributed by atoms with van der Waals surface area (Å²) in [5.74, 6) is 0. The van der Waals surface area contributed by atoms with Gasteiger partial charge in [-0.15, -0.1) is 11.3 Å². The van der Waals surface area contributed by atoms with E-state index in [4.69, 9.17) is 0 Å². The normalized spacial score (nSPS) is 12.0. The third-order valence-electron chi connectivity index (χ3n) is 12.5. The van der Waals surface area contributed by atoms with Crippen molar-refractivity contribution in [2.45, 2.75) is 0 Å². The Kier molecular flexibility index (Phi) is 6.92. The minimum absolute atomic E-state index is 0.631. The van der Waals surface area contributed by atoms with Crippen LogP contribution in [0.15, 0.2) is 194 Å². The van der Waals surface area contributed by atoms with E-state index in [1.165, 1.54) is 42.0 Å². The summed E-state index contributed by atoms with van der Waals surface area (Å²) in [6.45, 7) is 0. The molecular formula is C55H32N4S. The maximum atomic E-state index is 11.7. The van der Waals surface area contributed by atoms with Crippen LogP contribution in [0, 0.1) is 11.3 Å². The van der Waals surface area contributed by atoms with E-state index in [-0.39, 0.29) is 0 Å². The van der Waals surface area contributed by atoms with Gasteiger partial charge in [0.25, 0.3) is 0 Å². The molecule has 9 aromatic carbocycles. The molecule has 5 heteroatoms. The lowest BCUT2D eigenvalue weighted by Crippen LogP contribution is -2.05. The quantitative estimate of drug-likeness (QED) is 0.175. The van der Waals surface area contributed by atoms with Gasteiger partial charge in [0.15, 0.2) is 0 Å². The van der Waals surface area contributed by atoms with Gasteiger partial charge in [0.05, 0.1) is 55.7 Å². The Morgan fingerprint density at radius 2 is 0.767 bits per heavy atom. The van der Waals surface area contributed by atoms with Crippen molar-refractivity contribution in [3.05, 3.63) is 200 Å². The first-order chi connectivity index (χ1) is 29.8. The van der Waals surface area contributed by atoms with Crippen LogP contribution in [-0.4, -0.2) is 13.7 Å². The number of hydrogen-bond acceptors (Lipinski definition) is 2. The van der Waals surface area contributed by atoms with E-state index in [1.807, 2.05) is 0 Å². The SMILES string of the molecule is N#Cc1c(-n2c3ccccc3c3ccccc32)ccc(-n2c3ccccc3c3c(-n4c5ccccc5c5ccccc54)cccc32)c1-c1cccc2sc3ccccc3c12. The maximum absolute atomic E-state index is 11.7. The van der Waals surface area contributed by atoms with Gasteiger partial charge in [-0.2, -0.15) is 5.26 Å². The van der Waals surface area contributed by atoms with Gasteiger partial charge in [-0.25, -0.2) is 0 Å². The fourth-order valence-electron chi connectivity index (χ4n) is 10.1. The smallest absolute Gasteiger partial charge is 0.102 e. The van der Waals surface area contributed by atoms with Crippen molar-refractivity contribution < 1.29 is 0 Å². The number of rotatable bonds is 4. The van der Waals surface area contributed by atoms with Crippen molar-refractivity contribution in [1.29, 1.82) is 5.26 Å². The average molecular weight is 781 g/mol. The Hall–Kier alpha value is -7.91. The highest BCUT2D eigenvalue weighted by Crippen LogP contribution is 2.47. The molecule has 4 aromatic heterocycles. The van der Waals surface area contributed by atoms with Gasteiger partial charge >= 0.3 is 0 Å². The monoisotopic (exact) mass is 780 g/mol. The van der Waals surface area contributed by atoms with Crippen LogP contribution in [0.5, 0.6) is 0 Å². The van der Waals surface area contributed by atoms with E-state index in [1.54, 1.807) is 11.3 Å². The molecule has 0 amide bonds. The van der Waals surface area contributed by atoms with E-state index in [0.717, 1.165) is 71.8 Å². The summed E-state index contributed by atoms with van der Waals surface area (Å²) in [7, 11) is 0. The van der Waals surface area contributed by atoms with Crippen molar-refractivity contribution in [1.82, 2.24) is 13.7 Å². The Labute approximate surface area is 348 Å². The number of benzene rings is 9. The van der Waals surface area contributed by atoms with Gasteiger partial charge in [-0.1, -0.05) is 127 Å². The molecule has 4 heterocycles. The molecule has 0 fully saturated rings. The summed E-state index contributed by atoms with van der Waals surface area (Å²) in [4.78, 5) is 0. The summed E-state index contributed by atoms with van der Waals surface area (Å²) in [5, 5.41) is 21.1. The van der Waals surface area contributed by atoms with Crippen LogP contribution in [0.25, 0.3) is 114 Å². The molecular weight excluding hydrogens is 749 g/mol. The topological polar surface area (TPSA) is 38.6 Å². The molecule has 60 heavy (non-hydrogen) atoms. The predicted molar refractivity (Wildman–Crippen MR) is 252 cm³/mol. The maximum Gasteiger partial charge on any atom is 0.102 e. The van der Waals surface area contributed by atoms with Crippen LogP contribution >= 0.6 is 11.3 Å². The van der Waals surface area contributed by atoms with Crippen molar-refractivity contribution in [2.24, 2.45) is 0 Å². The number of nitrogens with zero attached hydrogens (tertiary/aromatic N) is 4. The fraction of sp³-hybridized carbons (Fsp3) is 0. The number of fused-ring (bicyclic) bond motifs is 12. The lowest BCUT2D eigenvalue weighted by atomic mass is 9.92. The number of para-hydroxylation sites is 5. The van der Waals surface area contributed by atoms with Gasteiger partial charge in [0.1, 0.15) is 6.07 Å². The van der Waals surface area contributed by atoms with Crippen LogP contribution < -0.4 is 0 Å². The molecule has 0 saturated carbocycles. The first-order valence-corrected chi connectivity index (χ1v) is 21.1. The lowest BCUT2D eigenvalue weighted by Gasteiger charge is -2.20.